The topological polar surface area (TPSA) is 0 Å². The van der Waals surface area contributed by atoms with Gasteiger partial charge in [-0.15, -0.1) is 0 Å². The number of unbranched alkanes of at least 4 members (excludes halogenated alkanes) is 2. The van der Waals surface area contributed by atoms with Crippen molar-refractivity contribution in [2.45, 2.75) is 70.4 Å². The zero-order chi connectivity index (χ0) is 12.9. The maximum atomic E-state index is 4.17. The molecular formula is C15H30B2. The summed E-state index contributed by atoms with van der Waals surface area (Å²) in [7, 11) is 4.51. The molecule has 0 fully saturated rings. The van der Waals surface area contributed by atoms with Crippen LogP contribution in [-0.4, -0.2) is 15.7 Å². The number of allylic oxidation sites excluding steroid dienone is 2. The van der Waals surface area contributed by atoms with Crippen molar-refractivity contribution in [1.29, 1.82) is 0 Å². The minimum atomic E-state index is 1.20. The van der Waals surface area contributed by atoms with E-state index in [9.17, 15) is 0 Å². The summed E-state index contributed by atoms with van der Waals surface area (Å²) in [6.45, 7) is 8.34. The highest BCUT2D eigenvalue weighted by molar-refractivity contribution is 6.08. The monoisotopic (exact) mass is 232 g/mol. The molecule has 0 heterocycles. The summed E-state index contributed by atoms with van der Waals surface area (Å²) in [5.41, 5.74) is 2.89. The summed E-state index contributed by atoms with van der Waals surface area (Å²) in [6.07, 6.45) is 14.1. The van der Waals surface area contributed by atoms with Crippen LogP contribution in [0.15, 0.2) is 24.3 Å². The van der Waals surface area contributed by atoms with E-state index in [1.807, 2.05) is 0 Å². The van der Waals surface area contributed by atoms with Crippen molar-refractivity contribution in [1.82, 2.24) is 0 Å². The molecule has 0 radical (unpaired) electrons. The zero-order valence-electron chi connectivity index (χ0n) is 12.2. The lowest BCUT2D eigenvalue weighted by Gasteiger charge is -2.07. The molecule has 0 amide bonds. The summed E-state index contributed by atoms with van der Waals surface area (Å²) >= 11 is 0. The highest BCUT2D eigenvalue weighted by Crippen LogP contribution is 2.18. The highest BCUT2D eigenvalue weighted by Gasteiger charge is 1.98. The Kier molecular flexibility index (Phi) is 11.8. The molecule has 0 spiro atoms. The van der Waals surface area contributed by atoms with Crippen molar-refractivity contribution in [2.75, 3.05) is 0 Å². The molecule has 17 heavy (non-hydrogen) atoms. The second-order valence-electron chi connectivity index (χ2n) is 5.27. The van der Waals surface area contributed by atoms with E-state index in [2.05, 4.69) is 28.9 Å². The van der Waals surface area contributed by atoms with Crippen LogP contribution in [0.25, 0.3) is 0 Å². The minimum absolute atomic E-state index is 1.20. The lowest BCUT2D eigenvalue weighted by Crippen LogP contribution is -1.88. The van der Waals surface area contributed by atoms with Crippen molar-refractivity contribution in [3.05, 3.63) is 24.3 Å². The largest absolute Gasteiger partial charge is 0.101 e. The van der Waals surface area contributed by atoms with Gasteiger partial charge in [0.2, 0.25) is 0 Å². The van der Waals surface area contributed by atoms with Gasteiger partial charge >= 0.3 is 0 Å². The van der Waals surface area contributed by atoms with E-state index >= 15 is 0 Å². The van der Waals surface area contributed by atoms with Gasteiger partial charge in [-0.3, -0.25) is 0 Å². The van der Waals surface area contributed by atoms with E-state index in [4.69, 9.17) is 0 Å². The van der Waals surface area contributed by atoms with E-state index in [1.54, 1.807) is 0 Å². The molecule has 0 aromatic heterocycles. The Morgan fingerprint density at radius 3 is 1.29 bits per heavy atom. The molecule has 0 rings (SSSR count). The van der Waals surface area contributed by atoms with Gasteiger partial charge in [-0.1, -0.05) is 62.6 Å². The Morgan fingerprint density at radius 2 is 0.941 bits per heavy atom. The van der Waals surface area contributed by atoms with E-state index in [0.717, 1.165) is 0 Å². The highest BCUT2D eigenvalue weighted by atomic mass is 14.0. The van der Waals surface area contributed by atoms with Crippen LogP contribution in [0.3, 0.4) is 0 Å². The molecule has 0 aliphatic heterocycles. The Bertz CT molecular complexity index is 187. The molecule has 0 aromatic rings. The van der Waals surface area contributed by atoms with Gasteiger partial charge in [-0.2, -0.15) is 0 Å². The maximum absolute atomic E-state index is 4.17. The fraction of sp³-hybridized carbons (Fsp3) is 0.733. The lowest BCUT2D eigenvalue weighted by molar-refractivity contribution is 0.695. The smallest absolute Gasteiger partial charge is 0.0999 e. The molecule has 96 valence electrons. The summed E-state index contributed by atoms with van der Waals surface area (Å²) in [5.74, 6) is 0. The quantitative estimate of drug-likeness (QED) is 0.273. The predicted octanol–water partition coefficient (Wildman–Crippen LogP) is 3.71. The fourth-order valence-corrected chi connectivity index (χ4v) is 2.09. The van der Waals surface area contributed by atoms with Gasteiger partial charge in [0.15, 0.2) is 0 Å². The lowest BCUT2D eigenvalue weighted by atomic mass is 9.95. The number of hydrogen-bond acceptors (Lipinski definition) is 0. The molecule has 0 atom stereocenters. The van der Waals surface area contributed by atoms with Gasteiger partial charge in [0.05, 0.1) is 0 Å². The molecule has 0 bridgehead atoms. The van der Waals surface area contributed by atoms with Gasteiger partial charge < -0.3 is 0 Å². The van der Waals surface area contributed by atoms with Crippen molar-refractivity contribution < 1.29 is 0 Å². The molecule has 0 nitrogen and oxygen atoms in total. The van der Waals surface area contributed by atoms with Gasteiger partial charge in [0, 0.05) is 0 Å². The number of rotatable bonds is 12. The van der Waals surface area contributed by atoms with Crippen LogP contribution in [0.5, 0.6) is 0 Å². The minimum Gasteiger partial charge on any atom is -0.0999 e. The van der Waals surface area contributed by atoms with Crippen molar-refractivity contribution in [2.24, 2.45) is 0 Å². The molecule has 0 saturated carbocycles. The molecule has 0 aromatic carbocycles. The Hall–Kier alpha value is -0.390. The third-order valence-corrected chi connectivity index (χ3v) is 3.33. The SMILES string of the molecule is BCCCCC(=C)CCCC(=C)CCCCB. The molecular weight excluding hydrogens is 202 g/mol. The first-order valence-corrected chi connectivity index (χ1v) is 7.54. The van der Waals surface area contributed by atoms with E-state index in [-0.39, 0.29) is 0 Å². The standard InChI is InChI=1S/C15H30B2/c1-14(8-3-5-12-16)10-7-11-15(2)9-4-6-13-17/h1-13,16-17H2. The molecule has 0 aliphatic carbocycles. The van der Waals surface area contributed by atoms with Crippen LogP contribution in [-0.2, 0) is 0 Å². The van der Waals surface area contributed by atoms with Crippen LogP contribution in [0.2, 0.25) is 12.6 Å². The maximum Gasteiger partial charge on any atom is 0.101 e. The predicted molar refractivity (Wildman–Crippen MR) is 86.5 cm³/mol. The third-order valence-electron chi connectivity index (χ3n) is 3.33. The number of hydrogen-bond donors (Lipinski definition) is 0. The normalized spacial score (nSPS) is 10.4. The van der Waals surface area contributed by atoms with Crippen molar-refractivity contribution in [3.8, 4) is 0 Å². The van der Waals surface area contributed by atoms with E-state index < -0.39 is 0 Å². The van der Waals surface area contributed by atoms with Gasteiger partial charge in [-0.05, 0) is 32.1 Å². The summed E-state index contributed by atoms with van der Waals surface area (Å²) in [4.78, 5) is 0. The molecule has 0 N–H and O–H groups in total. The van der Waals surface area contributed by atoms with E-state index in [0.29, 0.717) is 0 Å². The zero-order valence-corrected chi connectivity index (χ0v) is 12.2. The summed E-state index contributed by atoms with van der Waals surface area (Å²) in [6, 6.07) is 0. The van der Waals surface area contributed by atoms with Crippen molar-refractivity contribution >= 4 is 15.7 Å². The van der Waals surface area contributed by atoms with Gasteiger partial charge in [0.1, 0.15) is 15.7 Å². The average Bonchev–Trinajstić information content (AvgIpc) is 2.30. The Labute approximate surface area is 111 Å². The first kappa shape index (κ1) is 16.6. The molecule has 2 heteroatoms. The van der Waals surface area contributed by atoms with Crippen molar-refractivity contribution in [3.63, 3.8) is 0 Å². The van der Waals surface area contributed by atoms with Gasteiger partial charge in [-0.25, -0.2) is 0 Å². The van der Waals surface area contributed by atoms with Crippen LogP contribution in [0.1, 0.15) is 57.8 Å². The van der Waals surface area contributed by atoms with Crippen LogP contribution >= 0.6 is 0 Å². The summed E-state index contributed by atoms with van der Waals surface area (Å²) < 4.78 is 0. The Balaban J connectivity index is 3.36. The second kappa shape index (κ2) is 12.1. The first-order valence-electron chi connectivity index (χ1n) is 7.54. The molecule has 0 aliphatic rings. The first-order chi connectivity index (χ1) is 8.20. The molecule has 0 saturated heterocycles. The fourth-order valence-electron chi connectivity index (χ4n) is 2.09. The van der Waals surface area contributed by atoms with Crippen LogP contribution < -0.4 is 0 Å². The van der Waals surface area contributed by atoms with Crippen LogP contribution in [0, 0.1) is 0 Å². The van der Waals surface area contributed by atoms with Gasteiger partial charge in [0.25, 0.3) is 0 Å². The third kappa shape index (κ3) is 11.9. The average molecular weight is 232 g/mol. The van der Waals surface area contributed by atoms with Crippen LogP contribution in [0.4, 0.5) is 0 Å². The van der Waals surface area contributed by atoms with E-state index in [1.165, 1.54) is 81.6 Å². The molecule has 0 unspecified atom stereocenters. The second-order valence-corrected chi connectivity index (χ2v) is 5.27. The Morgan fingerprint density at radius 1 is 0.588 bits per heavy atom. The summed E-state index contributed by atoms with van der Waals surface area (Å²) in [5, 5.41) is 0.